The van der Waals surface area contributed by atoms with Crippen molar-refractivity contribution in [1.82, 2.24) is 10.2 Å². The number of carbonyl (C=O) groups is 2. The van der Waals surface area contributed by atoms with Crippen LogP contribution in [-0.2, 0) is 26.0 Å². The molecular formula is C29H40FN3O4S. The van der Waals surface area contributed by atoms with Crippen LogP contribution in [0.2, 0.25) is 0 Å². The van der Waals surface area contributed by atoms with Crippen LogP contribution in [-0.4, -0.2) is 56.6 Å². The van der Waals surface area contributed by atoms with Gasteiger partial charge in [-0.25, -0.2) is 12.8 Å². The number of rotatable bonds is 13. The first-order valence-electron chi connectivity index (χ1n) is 13.6. The van der Waals surface area contributed by atoms with E-state index in [0.717, 1.165) is 37.5 Å². The van der Waals surface area contributed by atoms with Crippen molar-refractivity contribution in [2.75, 3.05) is 23.7 Å². The molecule has 0 spiro atoms. The van der Waals surface area contributed by atoms with Gasteiger partial charge in [0.2, 0.25) is 21.8 Å². The third kappa shape index (κ3) is 8.82. The zero-order valence-electron chi connectivity index (χ0n) is 22.4. The molecule has 0 aromatic heterocycles. The van der Waals surface area contributed by atoms with E-state index in [1.807, 2.05) is 37.3 Å². The van der Waals surface area contributed by atoms with Gasteiger partial charge in [-0.05, 0) is 61.9 Å². The smallest absolute Gasteiger partial charge is 0.243 e. The first-order valence-corrected chi connectivity index (χ1v) is 15.4. The standard InChI is InChI=1S/C29H40FN3O4S/c1-3-27(29(35)31-25-13-8-5-9-14-25)32(22-20-23-11-6-4-7-12-23)28(34)15-10-21-33(38(2,36)37)26-18-16-24(30)17-19-26/h4,6-7,11-12,16-19,25,27H,3,5,8-10,13-15,20-22H2,1-2H3,(H,31,35). The largest absolute Gasteiger partial charge is 0.352 e. The third-order valence-electron chi connectivity index (χ3n) is 7.09. The SMILES string of the molecule is CCC(C(=O)NC1CCCCC1)N(CCc1ccccc1)C(=O)CCCN(c1ccc(F)cc1)S(C)(=O)=O. The summed E-state index contributed by atoms with van der Waals surface area (Å²) in [5.41, 5.74) is 1.42. The topological polar surface area (TPSA) is 86.8 Å². The normalized spacial score (nSPS) is 15.0. The minimum atomic E-state index is -3.62. The second-order valence-corrected chi connectivity index (χ2v) is 11.9. The third-order valence-corrected chi connectivity index (χ3v) is 8.28. The van der Waals surface area contributed by atoms with Gasteiger partial charge < -0.3 is 10.2 Å². The number of hydrogen-bond donors (Lipinski definition) is 1. The molecule has 2 aromatic carbocycles. The number of nitrogens with one attached hydrogen (secondary N) is 1. The van der Waals surface area contributed by atoms with Gasteiger partial charge in [0.1, 0.15) is 11.9 Å². The summed E-state index contributed by atoms with van der Waals surface area (Å²) >= 11 is 0. The number of hydrogen-bond acceptors (Lipinski definition) is 4. The van der Waals surface area contributed by atoms with Gasteiger partial charge in [-0.3, -0.25) is 13.9 Å². The number of carbonyl (C=O) groups excluding carboxylic acids is 2. The van der Waals surface area contributed by atoms with Gasteiger partial charge in [0.05, 0.1) is 11.9 Å². The molecule has 1 unspecified atom stereocenters. The van der Waals surface area contributed by atoms with Gasteiger partial charge in [0.15, 0.2) is 0 Å². The van der Waals surface area contributed by atoms with E-state index < -0.39 is 21.9 Å². The van der Waals surface area contributed by atoms with Crippen LogP contribution in [0.4, 0.5) is 10.1 Å². The van der Waals surface area contributed by atoms with Gasteiger partial charge in [-0.2, -0.15) is 0 Å². The molecule has 1 aliphatic rings. The highest BCUT2D eigenvalue weighted by Crippen LogP contribution is 2.21. The molecule has 208 valence electrons. The predicted molar refractivity (Wildman–Crippen MR) is 149 cm³/mol. The van der Waals surface area contributed by atoms with Crippen LogP contribution >= 0.6 is 0 Å². The summed E-state index contributed by atoms with van der Waals surface area (Å²) in [5, 5.41) is 3.17. The molecule has 0 aliphatic heterocycles. The molecule has 0 bridgehead atoms. The van der Waals surface area contributed by atoms with Crippen LogP contribution < -0.4 is 9.62 Å². The summed E-state index contributed by atoms with van der Waals surface area (Å²) < 4.78 is 39.3. The average molecular weight is 546 g/mol. The molecule has 38 heavy (non-hydrogen) atoms. The Labute approximate surface area is 226 Å². The number of anilines is 1. The molecule has 0 heterocycles. The molecule has 0 saturated heterocycles. The van der Waals surface area contributed by atoms with Gasteiger partial charge >= 0.3 is 0 Å². The van der Waals surface area contributed by atoms with Crippen LogP contribution in [0, 0.1) is 5.82 Å². The Morgan fingerprint density at radius 3 is 2.26 bits per heavy atom. The van der Waals surface area contributed by atoms with E-state index in [1.165, 1.54) is 35.0 Å². The zero-order valence-corrected chi connectivity index (χ0v) is 23.3. The Hall–Kier alpha value is -2.94. The van der Waals surface area contributed by atoms with Crippen molar-refractivity contribution in [3.05, 3.63) is 66.0 Å². The van der Waals surface area contributed by atoms with Crippen LogP contribution in [0.25, 0.3) is 0 Å². The Bertz CT molecular complexity index is 1140. The minimum absolute atomic E-state index is 0.0772. The quantitative estimate of drug-likeness (QED) is 0.396. The monoisotopic (exact) mass is 545 g/mol. The molecule has 2 amide bonds. The van der Waals surface area contributed by atoms with E-state index in [2.05, 4.69) is 5.32 Å². The van der Waals surface area contributed by atoms with Crippen LogP contribution in [0.15, 0.2) is 54.6 Å². The fraction of sp³-hybridized carbons (Fsp3) is 0.517. The summed E-state index contributed by atoms with van der Waals surface area (Å²) in [5.74, 6) is -0.757. The van der Waals surface area contributed by atoms with Crippen LogP contribution in [0.3, 0.4) is 0 Å². The molecule has 7 nitrogen and oxygen atoms in total. The highest BCUT2D eigenvalue weighted by atomic mass is 32.2. The van der Waals surface area contributed by atoms with Crippen molar-refractivity contribution >= 4 is 27.5 Å². The molecule has 1 atom stereocenters. The van der Waals surface area contributed by atoms with E-state index in [0.29, 0.717) is 25.1 Å². The summed E-state index contributed by atoms with van der Waals surface area (Å²) in [6, 6.07) is 14.6. The number of nitrogens with zero attached hydrogens (tertiary/aromatic N) is 2. The molecule has 1 fully saturated rings. The molecule has 1 saturated carbocycles. The maximum atomic E-state index is 13.5. The summed E-state index contributed by atoms with van der Waals surface area (Å²) in [4.78, 5) is 28.5. The average Bonchev–Trinajstić information content (AvgIpc) is 2.90. The molecule has 0 radical (unpaired) electrons. The first kappa shape index (κ1) is 29.6. The van der Waals surface area contributed by atoms with E-state index in [9.17, 15) is 22.4 Å². The molecule has 9 heteroatoms. The minimum Gasteiger partial charge on any atom is -0.352 e. The summed E-state index contributed by atoms with van der Waals surface area (Å²) in [6.45, 7) is 2.38. The zero-order chi connectivity index (χ0) is 27.5. The van der Waals surface area contributed by atoms with Crippen LogP contribution in [0.5, 0.6) is 0 Å². The fourth-order valence-electron chi connectivity index (χ4n) is 5.05. The Morgan fingerprint density at radius 2 is 1.66 bits per heavy atom. The lowest BCUT2D eigenvalue weighted by molar-refractivity contribution is -0.141. The van der Waals surface area contributed by atoms with Gasteiger partial charge in [-0.1, -0.05) is 56.5 Å². The summed E-state index contributed by atoms with van der Waals surface area (Å²) in [7, 11) is -3.62. The van der Waals surface area contributed by atoms with Gasteiger partial charge in [0, 0.05) is 25.6 Å². The number of halogens is 1. The highest BCUT2D eigenvalue weighted by Gasteiger charge is 2.30. The molecule has 3 rings (SSSR count). The Balaban J connectivity index is 1.70. The molecular weight excluding hydrogens is 505 g/mol. The van der Waals surface area contributed by atoms with Crippen molar-refractivity contribution in [3.8, 4) is 0 Å². The van der Waals surface area contributed by atoms with Gasteiger partial charge in [0.25, 0.3) is 0 Å². The van der Waals surface area contributed by atoms with Crippen molar-refractivity contribution in [2.45, 2.75) is 76.8 Å². The lowest BCUT2D eigenvalue weighted by Crippen LogP contribution is -2.52. The number of sulfonamides is 1. The van der Waals surface area contributed by atoms with Crippen molar-refractivity contribution in [2.24, 2.45) is 0 Å². The fourth-order valence-corrected chi connectivity index (χ4v) is 6.02. The van der Waals surface area contributed by atoms with Crippen molar-refractivity contribution in [3.63, 3.8) is 0 Å². The maximum absolute atomic E-state index is 13.5. The second kappa shape index (κ2) is 14.3. The Kier molecular flexibility index (Phi) is 11.1. The van der Waals surface area contributed by atoms with E-state index in [4.69, 9.17) is 0 Å². The number of benzene rings is 2. The predicted octanol–water partition coefficient (Wildman–Crippen LogP) is 4.67. The maximum Gasteiger partial charge on any atom is 0.243 e. The van der Waals surface area contributed by atoms with Gasteiger partial charge in [-0.15, -0.1) is 0 Å². The first-order chi connectivity index (χ1) is 18.2. The summed E-state index contributed by atoms with van der Waals surface area (Å²) in [6.07, 6.45) is 7.87. The highest BCUT2D eigenvalue weighted by molar-refractivity contribution is 7.92. The van der Waals surface area contributed by atoms with E-state index in [-0.39, 0.29) is 37.2 Å². The Morgan fingerprint density at radius 1 is 1.00 bits per heavy atom. The lowest BCUT2D eigenvalue weighted by Gasteiger charge is -2.33. The molecule has 1 aliphatic carbocycles. The van der Waals surface area contributed by atoms with E-state index >= 15 is 0 Å². The molecule has 2 aromatic rings. The number of amides is 2. The van der Waals surface area contributed by atoms with Crippen molar-refractivity contribution < 1.29 is 22.4 Å². The molecule has 1 N–H and O–H groups in total. The van der Waals surface area contributed by atoms with Crippen molar-refractivity contribution in [1.29, 1.82) is 0 Å². The van der Waals surface area contributed by atoms with E-state index in [1.54, 1.807) is 4.90 Å². The lowest BCUT2D eigenvalue weighted by atomic mass is 9.95. The van der Waals surface area contributed by atoms with Crippen LogP contribution in [0.1, 0.15) is 63.9 Å². The second-order valence-electron chi connectivity index (χ2n) is 10.0.